The number of H-pyrrole nitrogens is 1. The van der Waals surface area contributed by atoms with E-state index in [0.29, 0.717) is 27.8 Å². The third kappa shape index (κ3) is 4.22. The van der Waals surface area contributed by atoms with Crippen LogP contribution in [0.2, 0.25) is 0 Å². The Kier molecular flexibility index (Phi) is 5.71. The Morgan fingerprint density at radius 1 is 1.16 bits per heavy atom. The van der Waals surface area contributed by atoms with Crippen LogP contribution < -0.4 is 21.3 Å². The van der Waals surface area contributed by atoms with E-state index in [-0.39, 0.29) is 29.5 Å². The number of aromatic nitrogens is 3. The molecule has 9 nitrogen and oxygen atoms in total. The van der Waals surface area contributed by atoms with Gasteiger partial charge in [-0.15, -0.1) is 0 Å². The number of benzene rings is 2. The van der Waals surface area contributed by atoms with E-state index in [1.54, 1.807) is 50.4 Å². The van der Waals surface area contributed by atoms with Crippen molar-refractivity contribution in [1.82, 2.24) is 14.5 Å². The van der Waals surface area contributed by atoms with Crippen LogP contribution in [-0.4, -0.2) is 33.0 Å². The summed E-state index contributed by atoms with van der Waals surface area (Å²) in [5, 5.41) is 16.1. The van der Waals surface area contributed by atoms with E-state index >= 15 is 0 Å². The van der Waals surface area contributed by atoms with E-state index in [4.69, 9.17) is 4.74 Å². The van der Waals surface area contributed by atoms with Gasteiger partial charge < -0.3 is 9.84 Å². The average molecular weight is 431 g/mol. The molecule has 0 bridgehead atoms. The minimum Gasteiger partial charge on any atom is -0.497 e. The molecule has 0 aliphatic carbocycles. The highest BCUT2D eigenvalue weighted by molar-refractivity contribution is 6.01. The SMILES string of the molecule is COc1ccc(Cn2c(O)c(C=NNc3nc(C)cc(=O)[nH]3)c3ccccc3c2=O)cc1. The number of nitrogens with one attached hydrogen (secondary N) is 2. The molecular formula is C23H21N5O4. The van der Waals surface area contributed by atoms with Gasteiger partial charge in [0.25, 0.3) is 11.1 Å². The van der Waals surface area contributed by atoms with E-state index in [0.717, 1.165) is 5.56 Å². The van der Waals surface area contributed by atoms with Crippen LogP contribution in [-0.2, 0) is 6.54 Å². The number of pyridine rings is 1. The molecule has 2 aromatic heterocycles. The maximum atomic E-state index is 13.1. The number of hydrogen-bond donors (Lipinski definition) is 3. The first-order valence-corrected chi connectivity index (χ1v) is 9.80. The number of anilines is 1. The maximum absolute atomic E-state index is 13.1. The molecule has 3 N–H and O–H groups in total. The van der Waals surface area contributed by atoms with E-state index in [2.05, 4.69) is 20.5 Å². The van der Waals surface area contributed by atoms with Crippen molar-refractivity contribution in [2.24, 2.45) is 5.10 Å². The molecule has 4 rings (SSSR count). The van der Waals surface area contributed by atoms with Gasteiger partial charge in [0.2, 0.25) is 11.8 Å². The van der Waals surface area contributed by atoms with Crippen LogP contribution in [0.15, 0.2) is 69.3 Å². The lowest BCUT2D eigenvalue weighted by Gasteiger charge is -2.14. The largest absolute Gasteiger partial charge is 0.497 e. The minimum absolute atomic E-state index is 0.167. The summed E-state index contributed by atoms with van der Waals surface area (Å²) in [6.45, 7) is 1.86. The van der Waals surface area contributed by atoms with E-state index < -0.39 is 0 Å². The van der Waals surface area contributed by atoms with Crippen LogP contribution in [0.25, 0.3) is 10.8 Å². The van der Waals surface area contributed by atoms with Crippen molar-refractivity contribution < 1.29 is 9.84 Å². The number of hydrogen-bond acceptors (Lipinski definition) is 7. The van der Waals surface area contributed by atoms with Crippen LogP contribution in [0.5, 0.6) is 11.6 Å². The van der Waals surface area contributed by atoms with Crippen LogP contribution in [0.3, 0.4) is 0 Å². The Hall–Kier alpha value is -4.40. The van der Waals surface area contributed by atoms with Gasteiger partial charge in [0.05, 0.1) is 25.4 Å². The molecule has 0 amide bonds. The van der Waals surface area contributed by atoms with E-state index in [1.807, 2.05) is 12.1 Å². The molecule has 0 atom stereocenters. The number of aromatic amines is 1. The summed E-state index contributed by atoms with van der Waals surface area (Å²) in [7, 11) is 1.58. The van der Waals surface area contributed by atoms with Crippen molar-refractivity contribution in [3.8, 4) is 11.6 Å². The first-order chi connectivity index (χ1) is 15.5. The van der Waals surface area contributed by atoms with Gasteiger partial charge in [-0.25, -0.2) is 10.4 Å². The Morgan fingerprint density at radius 3 is 2.56 bits per heavy atom. The zero-order valence-corrected chi connectivity index (χ0v) is 17.5. The number of methoxy groups -OCH3 is 1. The maximum Gasteiger partial charge on any atom is 0.261 e. The lowest BCUT2D eigenvalue weighted by Crippen LogP contribution is -2.22. The van der Waals surface area contributed by atoms with Crippen LogP contribution >= 0.6 is 0 Å². The number of rotatable bonds is 6. The Balaban J connectivity index is 1.75. The second-order valence-electron chi connectivity index (χ2n) is 7.13. The van der Waals surface area contributed by atoms with Crippen LogP contribution in [0, 0.1) is 6.92 Å². The Morgan fingerprint density at radius 2 is 1.88 bits per heavy atom. The summed E-state index contributed by atoms with van der Waals surface area (Å²) in [6, 6.07) is 15.6. The lowest BCUT2D eigenvalue weighted by molar-refractivity contribution is 0.412. The molecule has 0 aliphatic rings. The van der Waals surface area contributed by atoms with Crippen molar-refractivity contribution in [3.05, 3.63) is 92.1 Å². The molecule has 2 heterocycles. The van der Waals surface area contributed by atoms with Gasteiger partial charge in [0.1, 0.15) is 5.75 Å². The molecule has 0 fully saturated rings. The normalized spacial score (nSPS) is 11.2. The van der Waals surface area contributed by atoms with Gasteiger partial charge >= 0.3 is 0 Å². The Bertz CT molecular complexity index is 1420. The average Bonchev–Trinajstić information content (AvgIpc) is 2.78. The van der Waals surface area contributed by atoms with E-state index in [9.17, 15) is 14.7 Å². The van der Waals surface area contributed by atoms with Gasteiger partial charge in [-0.3, -0.25) is 19.1 Å². The van der Waals surface area contributed by atoms with Crippen molar-refractivity contribution in [2.75, 3.05) is 12.5 Å². The van der Waals surface area contributed by atoms with Gasteiger partial charge in [-0.2, -0.15) is 5.10 Å². The van der Waals surface area contributed by atoms with E-state index in [1.165, 1.54) is 16.8 Å². The lowest BCUT2D eigenvalue weighted by atomic mass is 10.1. The zero-order chi connectivity index (χ0) is 22.7. The van der Waals surface area contributed by atoms with Crippen molar-refractivity contribution >= 4 is 22.9 Å². The molecule has 162 valence electrons. The smallest absolute Gasteiger partial charge is 0.261 e. The fourth-order valence-electron chi connectivity index (χ4n) is 3.39. The van der Waals surface area contributed by atoms with Crippen molar-refractivity contribution in [1.29, 1.82) is 0 Å². The van der Waals surface area contributed by atoms with Crippen LogP contribution in [0.1, 0.15) is 16.8 Å². The van der Waals surface area contributed by atoms with Gasteiger partial charge in [-0.1, -0.05) is 30.3 Å². The molecule has 0 aliphatic heterocycles. The molecule has 9 heteroatoms. The fraction of sp³-hybridized carbons (Fsp3) is 0.130. The fourth-order valence-corrected chi connectivity index (χ4v) is 3.39. The number of nitrogens with zero attached hydrogens (tertiary/aromatic N) is 3. The third-order valence-electron chi connectivity index (χ3n) is 4.92. The van der Waals surface area contributed by atoms with Crippen molar-refractivity contribution in [3.63, 3.8) is 0 Å². The quantitative estimate of drug-likeness (QED) is 0.319. The summed E-state index contributed by atoms with van der Waals surface area (Å²) in [6.07, 6.45) is 1.39. The van der Waals surface area contributed by atoms with Crippen LogP contribution in [0.4, 0.5) is 5.95 Å². The predicted molar refractivity (Wildman–Crippen MR) is 123 cm³/mol. The number of hydrazone groups is 1. The number of aromatic hydroxyl groups is 1. The Labute approximate surface area is 182 Å². The first kappa shape index (κ1) is 20.9. The topological polar surface area (TPSA) is 122 Å². The standard InChI is InChI=1S/C23H21N5O4/c1-14-11-20(29)26-23(25-14)27-24-12-19-17-5-3-4-6-18(17)21(30)28(22(19)31)13-15-7-9-16(32-2)10-8-15/h3-12,31H,13H2,1-2H3,(H2,25,26,27,29). The molecule has 0 unspecified atom stereocenters. The van der Waals surface area contributed by atoms with Gasteiger partial charge in [0.15, 0.2) is 0 Å². The molecule has 0 saturated heterocycles. The highest BCUT2D eigenvalue weighted by Crippen LogP contribution is 2.24. The predicted octanol–water partition coefficient (Wildman–Crippen LogP) is 2.60. The summed E-state index contributed by atoms with van der Waals surface area (Å²) in [5.41, 5.74) is 3.74. The summed E-state index contributed by atoms with van der Waals surface area (Å²) in [5.74, 6) is 0.646. The number of ether oxygens (including phenoxy) is 1. The molecule has 0 radical (unpaired) electrons. The molecule has 2 aromatic carbocycles. The summed E-state index contributed by atoms with van der Waals surface area (Å²) < 4.78 is 6.46. The molecule has 4 aromatic rings. The van der Waals surface area contributed by atoms with Gasteiger partial charge in [0, 0.05) is 22.5 Å². The first-order valence-electron chi connectivity index (χ1n) is 9.80. The second kappa shape index (κ2) is 8.76. The highest BCUT2D eigenvalue weighted by Gasteiger charge is 2.15. The number of fused-ring (bicyclic) bond motifs is 1. The molecule has 32 heavy (non-hydrogen) atoms. The molecular weight excluding hydrogens is 410 g/mol. The second-order valence-corrected chi connectivity index (χ2v) is 7.13. The number of aryl methyl sites for hydroxylation is 1. The van der Waals surface area contributed by atoms with Crippen molar-refractivity contribution in [2.45, 2.75) is 13.5 Å². The minimum atomic E-state index is -0.316. The summed E-state index contributed by atoms with van der Waals surface area (Å²) in [4.78, 5) is 31.3. The summed E-state index contributed by atoms with van der Waals surface area (Å²) >= 11 is 0. The highest BCUT2D eigenvalue weighted by atomic mass is 16.5. The molecule has 0 saturated carbocycles. The van der Waals surface area contributed by atoms with Gasteiger partial charge in [-0.05, 0) is 30.7 Å². The monoisotopic (exact) mass is 431 g/mol. The third-order valence-corrected chi connectivity index (χ3v) is 4.92. The zero-order valence-electron chi connectivity index (χ0n) is 17.5. The molecule has 0 spiro atoms.